The summed E-state index contributed by atoms with van der Waals surface area (Å²) in [6, 6.07) is 3.44. The highest BCUT2D eigenvalue weighted by Gasteiger charge is 2.17. The van der Waals surface area contributed by atoms with Crippen molar-refractivity contribution in [3.8, 4) is 0 Å². The molecule has 0 aliphatic rings. The predicted molar refractivity (Wildman–Crippen MR) is 88.9 cm³/mol. The highest BCUT2D eigenvalue weighted by molar-refractivity contribution is 6.34. The highest BCUT2D eigenvalue weighted by atomic mass is 16.2. The van der Waals surface area contributed by atoms with E-state index in [0.717, 1.165) is 16.6 Å². The Bertz CT molecular complexity index is 794. The molecular weight excluding hydrogens is 277 g/mol. The monoisotopic (exact) mass is 297 g/mol. The summed E-state index contributed by atoms with van der Waals surface area (Å²) in [6.07, 6.45) is 0. The van der Waals surface area contributed by atoms with Crippen LogP contribution < -0.4 is 11.0 Å². The van der Waals surface area contributed by atoms with E-state index in [1.165, 1.54) is 9.58 Å². The van der Waals surface area contributed by atoms with E-state index in [4.69, 9.17) is 7.85 Å². The summed E-state index contributed by atoms with van der Waals surface area (Å²) < 4.78 is 1.25. The van der Waals surface area contributed by atoms with Gasteiger partial charge in [-0.3, -0.25) is 9.59 Å². The van der Waals surface area contributed by atoms with Crippen LogP contribution in [0.1, 0.15) is 31.0 Å². The molecule has 1 amide bonds. The lowest BCUT2D eigenvalue weighted by Gasteiger charge is -2.17. The molecule has 2 aromatic rings. The molecule has 22 heavy (non-hydrogen) atoms. The Labute approximate surface area is 131 Å². The van der Waals surface area contributed by atoms with Gasteiger partial charge in [-0.2, -0.15) is 5.10 Å². The van der Waals surface area contributed by atoms with Crippen molar-refractivity contribution in [3.63, 3.8) is 0 Å². The first-order valence-corrected chi connectivity index (χ1v) is 7.24. The van der Waals surface area contributed by atoms with Crippen LogP contribution in [0.25, 0.3) is 10.8 Å². The van der Waals surface area contributed by atoms with Gasteiger partial charge in [0.05, 0.1) is 11.1 Å². The van der Waals surface area contributed by atoms with Crippen LogP contribution in [0.4, 0.5) is 0 Å². The Balaban J connectivity index is 2.77. The summed E-state index contributed by atoms with van der Waals surface area (Å²) in [4.78, 5) is 26.0. The minimum absolute atomic E-state index is 0.0646. The number of carbonyl (C=O) groups is 1. The summed E-state index contributed by atoms with van der Waals surface area (Å²) in [5, 5.41) is 5.78. The molecule has 0 spiro atoms. The van der Waals surface area contributed by atoms with Crippen molar-refractivity contribution in [1.82, 2.24) is 14.7 Å². The van der Waals surface area contributed by atoms with Gasteiger partial charge in [-0.1, -0.05) is 25.4 Å². The first-order valence-electron chi connectivity index (χ1n) is 7.24. The first-order chi connectivity index (χ1) is 10.2. The normalized spacial score (nSPS) is 11.2. The zero-order valence-corrected chi connectivity index (χ0v) is 13.7. The van der Waals surface area contributed by atoms with Crippen LogP contribution in [0, 0.1) is 6.92 Å². The smallest absolute Gasteiger partial charge is 0.275 e. The van der Waals surface area contributed by atoms with Crippen molar-refractivity contribution in [1.29, 1.82) is 0 Å². The van der Waals surface area contributed by atoms with Gasteiger partial charge in [-0.05, 0) is 24.5 Å². The van der Waals surface area contributed by atoms with Gasteiger partial charge in [0.15, 0.2) is 0 Å². The number of hydrogen-bond donors (Lipinski definition) is 0. The fourth-order valence-corrected chi connectivity index (χ4v) is 2.38. The van der Waals surface area contributed by atoms with E-state index in [1.807, 2.05) is 20.8 Å². The van der Waals surface area contributed by atoms with Crippen LogP contribution in [-0.4, -0.2) is 42.5 Å². The molecule has 0 aliphatic carbocycles. The number of hydrogen-bond acceptors (Lipinski definition) is 3. The molecule has 1 aromatic carbocycles. The lowest BCUT2D eigenvalue weighted by Crippen LogP contribution is -2.34. The molecule has 2 radical (unpaired) electrons. The van der Waals surface area contributed by atoms with Crippen LogP contribution >= 0.6 is 0 Å². The molecule has 0 unspecified atom stereocenters. The third-order valence-electron chi connectivity index (χ3n) is 3.79. The Kier molecular flexibility index (Phi) is 4.40. The minimum Gasteiger partial charge on any atom is -0.347 e. The molecule has 6 heteroatoms. The van der Waals surface area contributed by atoms with Gasteiger partial charge in [-0.15, -0.1) is 0 Å². The number of nitrogens with zero attached hydrogens (tertiary/aromatic N) is 3. The molecule has 0 saturated carbocycles. The number of fused-ring (bicyclic) bond motifs is 1. The van der Waals surface area contributed by atoms with Gasteiger partial charge in [0.2, 0.25) is 5.91 Å². The lowest BCUT2D eigenvalue weighted by molar-refractivity contribution is -0.129. The van der Waals surface area contributed by atoms with E-state index in [2.05, 4.69) is 5.10 Å². The Hall–Kier alpha value is -2.11. The number of aromatic nitrogens is 2. The minimum atomic E-state index is -0.266. The van der Waals surface area contributed by atoms with E-state index in [-0.39, 0.29) is 23.9 Å². The van der Waals surface area contributed by atoms with Crippen LogP contribution in [0.15, 0.2) is 16.9 Å². The maximum absolute atomic E-state index is 12.6. The summed E-state index contributed by atoms with van der Waals surface area (Å²) in [7, 11) is 9.28. The number of rotatable bonds is 3. The molecular formula is C16H20BN3O2. The Morgan fingerprint density at radius 2 is 2.00 bits per heavy atom. The van der Waals surface area contributed by atoms with Crippen molar-refractivity contribution in [3.05, 3.63) is 33.7 Å². The second-order valence-corrected chi connectivity index (χ2v) is 5.99. The molecule has 114 valence electrons. The molecule has 5 nitrogen and oxygen atoms in total. The number of amides is 1. The Morgan fingerprint density at radius 3 is 2.55 bits per heavy atom. The molecule has 0 fully saturated rings. The van der Waals surface area contributed by atoms with Crippen LogP contribution in [0.3, 0.4) is 0 Å². The molecule has 0 aliphatic heterocycles. The average molecular weight is 297 g/mol. The van der Waals surface area contributed by atoms with Crippen molar-refractivity contribution in [2.24, 2.45) is 0 Å². The highest BCUT2D eigenvalue weighted by Crippen LogP contribution is 2.23. The van der Waals surface area contributed by atoms with Crippen LogP contribution in [0.2, 0.25) is 0 Å². The first kappa shape index (κ1) is 16.3. The number of benzene rings is 1. The molecule has 0 N–H and O–H groups in total. The van der Waals surface area contributed by atoms with Gasteiger partial charge in [0.1, 0.15) is 14.4 Å². The van der Waals surface area contributed by atoms with Crippen LogP contribution in [0.5, 0.6) is 0 Å². The maximum Gasteiger partial charge on any atom is 0.275 e. The van der Waals surface area contributed by atoms with E-state index >= 15 is 0 Å². The number of carbonyl (C=O) groups excluding carboxylic acids is 1. The lowest BCUT2D eigenvalue weighted by atomic mass is 9.86. The fourth-order valence-electron chi connectivity index (χ4n) is 2.38. The van der Waals surface area contributed by atoms with Gasteiger partial charge in [0.25, 0.3) is 5.56 Å². The molecule has 0 atom stereocenters. The van der Waals surface area contributed by atoms with Crippen molar-refractivity contribution >= 4 is 30.0 Å². The summed E-state index contributed by atoms with van der Waals surface area (Å²) >= 11 is 0. The summed E-state index contributed by atoms with van der Waals surface area (Å²) in [6.45, 7) is 5.84. The fraction of sp³-hybridized carbons (Fsp3) is 0.438. The largest absolute Gasteiger partial charge is 0.347 e. The predicted octanol–water partition coefficient (Wildman–Crippen LogP) is 0.710. The quantitative estimate of drug-likeness (QED) is 0.784. The van der Waals surface area contributed by atoms with Gasteiger partial charge >= 0.3 is 0 Å². The topological polar surface area (TPSA) is 55.2 Å². The standard InChI is InChI=1S/C16H20BN3O2/c1-9(2)15-14-10(3)12(17)7-6-11(14)16(22)20(18-15)8-13(21)19(4)5/h6-7,9H,8H2,1-5H3. The van der Waals surface area contributed by atoms with E-state index in [9.17, 15) is 9.59 Å². The second kappa shape index (κ2) is 5.95. The molecule has 0 bridgehead atoms. The van der Waals surface area contributed by atoms with Gasteiger partial charge in [0, 0.05) is 19.5 Å². The van der Waals surface area contributed by atoms with E-state index in [0.29, 0.717) is 10.8 Å². The van der Waals surface area contributed by atoms with E-state index < -0.39 is 0 Å². The molecule has 0 saturated heterocycles. The van der Waals surface area contributed by atoms with Crippen molar-refractivity contribution in [2.45, 2.75) is 33.2 Å². The summed E-state index contributed by atoms with van der Waals surface area (Å²) in [5.74, 6) is -0.0554. The van der Waals surface area contributed by atoms with Crippen molar-refractivity contribution < 1.29 is 4.79 Å². The van der Waals surface area contributed by atoms with Crippen LogP contribution in [-0.2, 0) is 11.3 Å². The Morgan fingerprint density at radius 1 is 1.36 bits per heavy atom. The second-order valence-electron chi connectivity index (χ2n) is 5.99. The average Bonchev–Trinajstić information content (AvgIpc) is 2.44. The third-order valence-corrected chi connectivity index (χ3v) is 3.79. The zero-order chi connectivity index (χ0) is 16.6. The summed E-state index contributed by atoms with van der Waals surface area (Å²) in [5.41, 5.74) is 2.01. The maximum atomic E-state index is 12.6. The number of aryl methyl sites for hydroxylation is 1. The SMILES string of the molecule is [B]c1ccc2c(=O)n(CC(=O)N(C)C)nc(C(C)C)c2c1C. The third kappa shape index (κ3) is 2.78. The molecule has 2 rings (SSSR count). The zero-order valence-electron chi connectivity index (χ0n) is 13.7. The molecule has 1 aromatic heterocycles. The van der Waals surface area contributed by atoms with Crippen molar-refractivity contribution in [2.75, 3.05) is 14.1 Å². The molecule has 1 heterocycles. The van der Waals surface area contributed by atoms with E-state index in [1.54, 1.807) is 26.2 Å². The van der Waals surface area contributed by atoms with Gasteiger partial charge in [-0.25, -0.2) is 4.68 Å². The van der Waals surface area contributed by atoms with Gasteiger partial charge < -0.3 is 4.90 Å². The number of likely N-dealkylation sites (N-methyl/N-ethyl adjacent to an activating group) is 1.